The van der Waals surface area contributed by atoms with Crippen molar-refractivity contribution in [3.63, 3.8) is 0 Å². The van der Waals surface area contributed by atoms with Crippen LogP contribution in [0.25, 0.3) is 0 Å². The Balaban J connectivity index is 1.68. The number of rotatable bonds is 5. The molecule has 0 radical (unpaired) electrons. The van der Waals surface area contributed by atoms with Gasteiger partial charge in [-0.2, -0.15) is 0 Å². The van der Waals surface area contributed by atoms with Crippen LogP contribution in [0.2, 0.25) is 0 Å². The highest BCUT2D eigenvalue weighted by Crippen LogP contribution is 2.35. The largest absolute Gasteiger partial charge is 0.355 e. The molecular formula is C18H18FNO2S. The molecule has 23 heavy (non-hydrogen) atoms. The number of halogens is 1. The molecule has 1 N–H and O–H groups in total. The normalized spacial score (nSPS) is 20.5. The van der Waals surface area contributed by atoms with Gasteiger partial charge in [0.05, 0.1) is 5.92 Å². The number of thiophene rings is 1. The van der Waals surface area contributed by atoms with E-state index in [1.807, 2.05) is 19.1 Å². The highest BCUT2D eigenvalue weighted by atomic mass is 32.1. The maximum atomic E-state index is 12.9. The summed E-state index contributed by atoms with van der Waals surface area (Å²) in [5.41, 5.74) is 0.776. The van der Waals surface area contributed by atoms with Crippen LogP contribution in [0.1, 0.15) is 27.7 Å². The van der Waals surface area contributed by atoms with E-state index in [4.69, 9.17) is 0 Å². The molecule has 0 unspecified atom stereocenters. The smallest absolute Gasteiger partial charge is 0.224 e. The number of nitrogens with one attached hydrogen (secondary N) is 1. The second kappa shape index (κ2) is 6.62. The molecule has 0 spiro atoms. The number of Topliss-reactive ketones (excluding diaryl/α,β-unsaturated/α-hetero) is 1. The van der Waals surface area contributed by atoms with Gasteiger partial charge in [0, 0.05) is 35.1 Å². The molecule has 0 saturated carbocycles. The van der Waals surface area contributed by atoms with Crippen molar-refractivity contribution in [1.82, 2.24) is 5.32 Å². The second-order valence-electron chi connectivity index (χ2n) is 5.95. The number of benzene rings is 1. The Morgan fingerprint density at radius 2 is 2.00 bits per heavy atom. The zero-order valence-electron chi connectivity index (χ0n) is 12.8. The van der Waals surface area contributed by atoms with E-state index in [1.165, 1.54) is 17.0 Å². The lowest BCUT2D eigenvalue weighted by molar-refractivity contribution is -0.127. The maximum absolute atomic E-state index is 12.9. The van der Waals surface area contributed by atoms with Crippen LogP contribution < -0.4 is 5.32 Å². The molecule has 1 saturated heterocycles. The summed E-state index contributed by atoms with van der Waals surface area (Å²) < 4.78 is 12.9. The Bertz CT molecular complexity index is 723. The molecule has 1 aliphatic heterocycles. The third-order valence-electron chi connectivity index (χ3n) is 4.21. The SMILES string of the molecule is Cc1ccc([C@H]2CNC(=O)[C@@H]2CC(=O)Cc2ccc(F)cc2)s1. The first-order valence-corrected chi connectivity index (χ1v) is 8.45. The standard InChI is InChI=1S/C18H18FNO2S/c1-11-2-7-17(23-11)16-10-20-18(22)15(16)9-14(21)8-12-3-5-13(19)6-4-12/h2-7,15-16H,8-10H2,1H3,(H,20,22)/t15-,16+/m1/s1. The minimum atomic E-state index is -0.315. The minimum absolute atomic E-state index is 0.0111. The Kier molecular flexibility index (Phi) is 4.57. The molecule has 2 atom stereocenters. The van der Waals surface area contributed by atoms with E-state index in [-0.39, 0.29) is 42.2 Å². The van der Waals surface area contributed by atoms with Gasteiger partial charge in [-0.1, -0.05) is 12.1 Å². The molecule has 3 nitrogen and oxygen atoms in total. The van der Waals surface area contributed by atoms with E-state index in [9.17, 15) is 14.0 Å². The van der Waals surface area contributed by atoms with Gasteiger partial charge in [0.2, 0.25) is 5.91 Å². The number of hydrogen-bond acceptors (Lipinski definition) is 3. The number of amides is 1. The lowest BCUT2D eigenvalue weighted by Gasteiger charge is -2.14. The van der Waals surface area contributed by atoms with Crippen molar-refractivity contribution in [3.05, 3.63) is 57.5 Å². The van der Waals surface area contributed by atoms with Crippen LogP contribution in [0.15, 0.2) is 36.4 Å². The van der Waals surface area contributed by atoms with Crippen LogP contribution in [0.3, 0.4) is 0 Å². The molecule has 0 bridgehead atoms. The zero-order valence-corrected chi connectivity index (χ0v) is 13.7. The topological polar surface area (TPSA) is 46.2 Å². The summed E-state index contributed by atoms with van der Waals surface area (Å²) in [6.45, 7) is 2.63. The van der Waals surface area contributed by atoms with Crippen molar-refractivity contribution in [2.75, 3.05) is 6.54 Å². The summed E-state index contributed by atoms with van der Waals surface area (Å²) in [7, 11) is 0. The lowest BCUT2D eigenvalue weighted by Crippen LogP contribution is -2.22. The lowest BCUT2D eigenvalue weighted by atomic mass is 9.88. The van der Waals surface area contributed by atoms with E-state index >= 15 is 0 Å². The predicted molar refractivity (Wildman–Crippen MR) is 88.0 cm³/mol. The Morgan fingerprint density at radius 1 is 1.26 bits per heavy atom. The van der Waals surface area contributed by atoms with Gasteiger partial charge in [-0.05, 0) is 36.8 Å². The number of carbonyl (C=O) groups excluding carboxylic acids is 2. The second-order valence-corrected chi connectivity index (χ2v) is 7.27. The monoisotopic (exact) mass is 331 g/mol. The molecular weight excluding hydrogens is 313 g/mol. The fourth-order valence-corrected chi connectivity index (χ4v) is 4.04. The summed E-state index contributed by atoms with van der Waals surface area (Å²) in [5.74, 6) is -0.589. The van der Waals surface area contributed by atoms with Crippen molar-refractivity contribution in [1.29, 1.82) is 0 Å². The van der Waals surface area contributed by atoms with Gasteiger partial charge in [-0.25, -0.2) is 4.39 Å². The summed E-state index contributed by atoms with van der Waals surface area (Å²) in [6.07, 6.45) is 0.463. The molecule has 120 valence electrons. The van der Waals surface area contributed by atoms with Crippen LogP contribution in [-0.2, 0) is 16.0 Å². The van der Waals surface area contributed by atoms with Crippen molar-refractivity contribution in [3.8, 4) is 0 Å². The van der Waals surface area contributed by atoms with Crippen LogP contribution in [0, 0.1) is 18.7 Å². The fraction of sp³-hybridized carbons (Fsp3) is 0.333. The maximum Gasteiger partial charge on any atom is 0.224 e. The van der Waals surface area contributed by atoms with Crippen LogP contribution in [0.4, 0.5) is 4.39 Å². The fourth-order valence-electron chi connectivity index (χ4n) is 3.00. The van der Waals surface area contributed by atoms with E-state index in [0.29, 0.717) is 6.54 Å². The summed E-state index contributed by atoms with van der Waals surface area (Å²) in [6, 6.07) is 10.0. The highest BCUT2D eigenvalue weighted by Gasteiger charge is 2.37. The quantitative estimate of drug-likeness (QED) is 0.914. The summed E-state index contributed by atoms with van der Waals surface area (Å²) in [5, 5.41) is 2.87. The van der Waals surface area contributed by atoms with Crippen LogP contribution >= 0.6 is 11.3 Å². The number of hydrogen-bond donors (Lipinski definition) is 1. The first kappa shape index (κ1) is 15.9. The van der Waals surface area contributed by atoms with Gasteiger partial charge in [-0.15, -0.1) is 11.3 Å². The average Bonchev–Trinajstić information content (AvgIpc) is 3.09. The molecule has 2 heterocycles. The van der Waals surface area contributed by atoms with Crippen LogP contribution in [-0.4, -0.2) is 18.2 Å². The number of carbonyl (C=O) groups is 2. The van der Waals surface area contributed by atoms with E-state index in [1.54, 1.807) is 23.5 Å². The Hall–Kier alpha value is -2.01. The number of ketones is 1. The van der Waals surface area contributed by atoms with Gasteiger partial charge in [0.25, 0.3) is 0 Å². The molecule has 2 aromatic rings. The van der Waals surface area contributed by atoms with Crippen LogP contribution in [0.5, 0.6) is 0 Å². The van der Waals surface area contributed by atoms with Crippen molar-refractivity contribution < 1.29 is 14.0 Å². The van der Waals surface area contributed by atoms with E-state index in [2.05, 4.69) is 5.32 Å². The molecule has 1 amide bonds. The van der Waals surface area contributed by atoms with Crippen molar-refractivity contribution in [2.24, 2.45) is 5.92 Å². The van der Waals surface area contributed by atoms with Gasteiger partial charge in [-0.3, -0.25) is 9.59 Å². The minimum Gasteiger partial charge on any atom is -0.355 e. The first-order chi connectivity index (χ1) is 11.0. The molecule has 1 fully saturated rings. The third kappa shape index (κ3) is 3.67. The Labute approximate surface area is 138 Å². The number of aryl methyl sites for hydroxylation is 1. The summed E-state index contributed by atoms with van der Waals surface area (Å²) in [4.78, 5) is 26.8. The molecule has 3 rings (SSSR count). The molecule has 0 aliphatic carbocycles. The predicted octanol–water partition coefficient (Wildman–Crippen LogP) is 3.23. The van der Waals surface area contributed by atoms with Gasteiger partial charge < -0.3 is 5.32 Å². The molecule has 1 aromatic carbocycles. The van der Waals surface area contributed by atoms with Gasteiger partial charge >= 0.3 is 0 Å². The van der Waals surface area contributed by atoms with Crippen molar-refractivity contribution >= 4 is 23.0 Å². The summed E-state index contributed by atoms with van der Waals surface area (Å²) >= 11 is 1.68. The van der Waals surface area contributed by atoms with Gasteiger partial charge in [0.15, 0.2) is 0 Å². The highest BCUT2D eigenvalue weighted by molar-refractivity contribution is 7.12. The molecule has 5 heteroatoms. The first-order valence-electron chi connectivity index (χ1n) is 7.63. The van der Waals surface area contributed by atoms with Gasteiger partial charge in [0.1, 0.15) is 11.6 Å². The zero-order chi connectivity index (χ0) is 16.4. The Morgan fingerprint density at radius 3 is 2.65 bits per heavy atom. The molecule has 1 aromatic heterocycles. The van der Waals surface area contributed by atoms with E-state index < -0.39 is 0 Å². The van der Waals surface area contributed by atoms with E-state index in [0.717, 1.165) is 10.4 Å². The average molecular weight is 331 g/mol. The molecule has 1 aliphatic rings. The third-order valence-corrected chi connectivity index (χ3v) is 5.34. The van der Waals surface area contributed by atoms with Crippen molar-refractivity contribution in [2.45, 2.75) is 25.7 Å².